The SMILES string of the molecule is [2H]N[C@H](C(=O)C(O)C(=O)[C@@H](O)[C@H](O)[C@H](O)CO)C(C)C. The zero-order valence-electron chi connectivity index (χ0n) is 11.7. The van der Waals surface area contributed by atoms with E-state index >= 15 is 0 Å². The van der Waals surface area contributed by atoms with Crippen LogP contribution in [0.4, 0.5) is 0 Å². The summed E-state index contributed by atoms with van der Waals surface area (Å²) in [6.45, 7) is 2.27. The molecule has 0 amide bonds. The molecule has 0 aliphatic rings. The van der Waals surface area contributed by atoms with E-state index in [1.807, 2.05) is 5.73 Å². The molecule has 0 spiro atoms. The molecule has 8 heteroatoms. The second-order valence-electron chi connectivity index (χ2n) is 4.61. The van der Waals surface area contributed by atoms with Crippen molar-refractivity contribution in [3.63, 3.8) is 0 Å². The summed E-state index contributed by atoms with van der Waals surface area (Å²) in [7, 11) is 0. The van der Waals surface area contributed by atoms with Gasteiger partial charge in [0.15, 0.2) is 17.7 Å². The van der Waals surface area contributed by atoms with E-state index in [4.69, 9.17) is 11.6 Å². The van der Waals surface area contributed by atoms with Crippen LogP contribution in [0.1, 0.15) is 13.8 Å². The van der Waals surface area contributed by atoms with Crippen LogP contribution in [0.2, 0.25) is 1.41 Å². The molecule has 7 N–H and O–H groups in total. The number of carbonyl (C=O) groups excluding carboxylic acids is 2. The lowest BCUT2D eigenvalue weighted by Gasteiger charge is -2.23. The van der Waals surface area contributed by atoms with Crippen LogP contribution in [-0.4, -0.2) is 74.2 Å². The predicted molar refractivity (Wildman–Crippen MR) is 63.9 cm³/mol. The molecule has 0 radical (unpaired) electrons. The van der Waals surface area contributed by atoms with E-state index < -0.39 is 48.6 Å². The molecule has 0 aromatic carbocycles. The largest absolute Gasteiger partial charge is 0.394 e. The summed E-state index contributed by atoms with van der Waals surface area (Å²) in [4.78, 5) is 23.4. The molecular formula is C11H21NO7. The zero-order chi connectivity index (χ0) is 16.0. The van der Waals surface area contributed by atoms with Crippen molar-refractivity contribution in [1.29, 1.82) is 0 Å². The Labute approximate surface area is 111 Å². The molecule has 8 nitrogen and oxygen atoms in total. The third-order valence-corrected chi connectivity index (χ3v) is 2.71. The van der Waals surface area contributed by atoms with E-state index in [0.29, 0.717) is 0 Å². The summed E-state index contributed by atoms with van der Waals surface area (Å²) in [5.41, 5.74) is 1.89. The van der Waals surface area contributed by atoms with Gasteiger partial charge in [0.2, 0.25) is 0 Å². The van der Waals surface area contributed by atoms with Crippen molar-refractivity contribution in [2.45, 2.75) is 44.3 Å². The highest BCUT2D eigenvalue weighted by Crippen LogP contribution is 2.08. The molecule has 0 heterocycles. The van der Waals surface area contributed by atoms with Crippen molar-refractivity contribution >= 4 is 11.6 Å². The molecule has 0 rings (SSSR count). The van der Waals surface area contributed by atoms with E-state index in [2.05, 4.69) is 0 Å². The Hall–Kier alpha value is -0.900. The number of carbonyl (C=O) groups is 2. The van der Waals surface area contributed by atoms with Crippen molar-refractivity contribution in [3.8, 4) is 0 Å². The standard InChI is InChI=1S/C11H21NO7/c1-4(2)6(12)8(16)10(18)11(19)9(17)7(15)5(14)3-13/h4-7,9-10,13-15,17-18H,3,12H2,1-2H3/t5-,6+,7-,9+,10?/m1/s1/i/hD. The molecule has 5 atom stereocenters. The number of Topliss-reactive ketones (excluding diaryl/α,β-unsaturated/α-hetero) is 2. The molecule has 0 aliphatic heterocycles. The minimum Gasteiger partial charge on any atom is -0.394 e. The van der Waals surface area contributed by atoms with Gasteiger partial charge in [0.1, 0.15) is 19.7 Å². The van der Waals surface area contributed by atoms with Gasteiger partial charge in [-0.25, -0.2) is 0 Å². The molecule has 0 saturated carbocycles. The Bertz CT molecular complexity index is 339. The van der Waals surface area contributed by atoms with Gasteiger partial charge in [-0.15, -0.1) is 0 Å². The van der Waals surface area contributed by atoms with Crippen LogP contribution in [0.25, 0.3) is 0 Å². The van der Waals surface area contributed by atoms with E-state index in [1.165, 1.54) is 0 Å². The predicted octanol–water partition coefficient (Wildman–Crippen LogP) is -3.46. The number of aliphatic hydroxyl groups is 5. The van der Waals surface area contributed by atoms with Crippen LogP contribution in [-0.2, 0) is 9.59 Å². The summed E-state index contributed by atoms with van der Waals surface area (Å²) >= 11 is 0. The van der Waals surface area contributed by atoms with E-state index in [1.54, 1.807) is 13.8 Å². The first-order valence-corrected chi connectivity index (χ1v) is 5.76. The molecule has 0 fully saturated rings. The molecule has 0 aromatic heterocycles. The normalized spacial score (nSPS) is 20.3. The zero-order valence-corrected chi connectivity index (χ0v) is 10.7. The average Bonchev–Trinajstić information content (AvgIpc) is 2.43. The highest BCUT2D eigenvalue weighted by molar-refractivity contribution is 6.09. The first-order valence-electron chi connectivity index (χ1n) is 6.26. The van der Waals surface area contributed by atoms with Crippen molar-refractivity contribution < 1.29 is 36.5 Å². The highest BCUT2D eigenvalue weighted by atomic mass is 16.4. The molecule has 0 saturated heterocycles. The Balaban J connectivity index is 4.88. The first kappa shape index (κ1) is 16.2. The fourth-order valence-corrected chi connectivity index (χ4v) is 1.29. The van der Waals surface area contributed by atoms with E-state index in [9.17, 15) is 24.9 Å². The van der Waals surface area contributed by atoms with E-state index in [0.717, 1.165) is 0 Å². The van der Waals surface area contributed by atoms with Crippen molar-refractivity contribution in [2.24, 2.45) is 11.6 Å². The van der Waals surface area contributed by atoms with Gasteiger partial charge in [0.05, 0.1) is 12.6 Å². The van der Waals surface area contributed by atoms with Gasteiger partial charge in [-0.05, 0) is 5.92 Å². The maximum Gasteiger partial charge on any atom is 0.200 e. The number of hydrogen-bond acceptors (Lipinski definition) is 8. The molecular weight excluding hydrogens is 258 g/mol. The summed E-state index contributed by atoms with van der Waals surface area (Å²) < 4.78 is 6.97. The smallest absolute Gasteiger partial charge is 0.200 e. The molecule has 0 bridgehead atoms. The highest BCUT2D eigenvalue weighted by Gasteiger charge is 2.38. The van der Waals surface area contributed by atoms with Gasteiger partial charge in [-0.3, -0.25) is 9.59 Å². The van der Waals surface area contributed by atoms with Gasteiger partial charge >= 0.3 is 0 Å². The van der Waals surface area contributed by atoms with Crippen LogP contribution >= 0.6 is 0 Å². The quantitative estimate of drug-likeness (QED) is 0.237. The summed E-state index contributed by atoms with van der Waals surface area (Å²) in [5, 5.41) is 46.0. The van der Waals surface area contributed by atoms with Gasteiger partial charge in [-0.1, -0.05) is 13.8 Å². The molecule has 1 unspecified atom stereocenters. The summed E-state index contributed by atoms with van der Waals surface area (Å²) in [6.07, 6.45) is -8.28. The third-order valence-electron chi connectivity index (χ3n) is 2.71. The van der Waals surface area contributed by atoms with Gasteiger partial charge < -0.3 is 31.3 Å². The Morgan fingerprint density at radius 1 is 1.16 bits per heavy atom. The molecule has 19 heavy (non-hydrogen) atoms. The Kier molecular flexibility index (Phi) is 6.49. The topological polar surface area (TPSA) is 161 Å². The van der Waals surface area contributed by atoms with Gasteiger partial charge in [0.25, 0.3) is 0 Å². The maximum absolute atomic E-state index is 11.8. The minimum atomic E-state index is -2.24. The fourth-order valence-electron chi connectivity index (χ4n) is 1.29. The monoisotopic (exact) mass is 280 g/mol. The molecule has 0 aromatic rings. The number of ketones is 2. The fraction of sp³-hybridized carbons (Fsp3) is 0.818. The number of aliphatic hydroxyl groups excluding tert-OH is 5. The number of hydrogen-bond donors (Lipinski definition) is 6. The third kappa shape index (κ3) is 4.60. The average molecular weight is 280 g/mol. The first-order chi connectivity index (χ1) is 9.18. The van der Waals surface area contributed by atoms with Crippen LogP contribution in [0.15, 0.2) is 0 Å². The number of rotatable bonds is 9. The van der Waals surface area contributed by atoms with Crippen molar-refractivity contribution in [3.05, 3.63) is 0 Å². The van der Waals surface area contributed by atoms with Crippen molar-refractivity contribution in [1.82, 2.24) is 0 Å². The summed E-state index contributed by atoms with van der Waals surface area (Å²) in [6, 6.07) is -1.12. The van der Waals surface area contributed by atoms with E-state index in [-0.39, 0.29) is 5.92 Å². The van der Waals surface area contributed by atoms with Gasteiger partial charge in [0, 0.05) is 0 Å². The second kappa shape index (κ2) is 7.63. The lowest BCUT2D eigenvalue weighted by Crippen LogP contribution is -2.52. The molecule has 0 aliphatic carbocycles. The number of nitrogens with two attached hydrogens (primary N) is 1. The lowest BCUT2D eigenvalue weighted by atomic mass is 9.92. The Morgan fingerprint density at radius 2 is 1.68 bits per heavy atom. The Morgan fingerprint density at radius 3 is 2.05 bits per heavy atom. The summed E-state index contributed by atoms with van der Waals surface area (Å²) in [5.74, 6) is -2.81. The van der Waals surface area contributed by atoms with Gasteiger partial charge in [-0.2, -0.15) is 0 Å². The van der Waals surface area contributed by atoms with Crippen LogP contribution in [0, 0.1) is 5.92 Å². The lowest BCUT2D eigenvalue weighted by molar-refractivity contribution is -0.153. The second-order valence-corrected chi connectivity index (χ2v) is 4.61. The van der Waals surface area contributed by atoms with Crippen LogP contribution in [0.3, 0.4) is 0 Å². The molecule has 112 valence electrons. The van der Waals surface area contributed by atoms with Crippen molar-refractivity contribution in [2.75, 3.05) is 6.61 Å². The van der Waals surface area contributed by atoms with Crippen LogP contribution < -0.4 is 5.73 Å². The maximum atomic E-state index is 11.8. The minimum absolute atomic E-state index is 0.382. The van der Waals surface area contributed by atoms with Crippen LogP contribution in [0.5, 0.6) is 0 Å².